The molecule has 0 radical (unpaired) electrons. The highest BCUT2D eigenvalue weighted by Crippen LogP contribution is 2.15. The molecule has 0 bridgehead atoms. The molecular formula is C23H29N3O3. The van der Waals surface area contributed by atoms with Crippen LogP contribution < -0.4 is 10.6 Å². The molecule has 29 heavy (non-hydrogen) atoms. The lowest BCUT2D eigenvalue weighted by atomic mass is 10.1. The maximum absolute atomic E-state index is 12.6. The van der Waals surface area contributed by atoms with Crippen molar-refractivity contribution in [1.82, 2.24) is 15.5 Å². The number of rotatable bonds is 7. The number of carbonyl (C=O) groups is 2. The molecule has 0 spiro atoms. The third-order valence-electron chi connectivity index (χ3n) is 5.26. The Labute approximate surface area is 172 Å². The first-order valence-corrected chi connectivity index (χ1v) is 10.0. The fraction of sp³-hybridized carbons (Fsp3) is 0.391. The summed E-state index contributed by atoms with van der Waals surface area (Å²) in [7, 11) is 0. The van der Waals surface area contributed by atoms with Gasteiger partial charge in [-0.15, -0.1) is 0 Å². The molecule has 1 unspecified atom stereocenters. The van der Waals surface area contributed by atoms with E-state index in [9.17, 15) is 9.59 Å². The van der Waals surface area contributed by atoms with Gasteiger partial charge in [0.05, 0.1) is 25.8 Å². The van der Waals surface area contributed by atoms with Crippen molar-refractivity contribution in [3.05, 3.63) is 70.8 Å². The minimum absolute atomic E-state index is 0.0573. The maximum atomic E-state index is 12.6. The van der Waals surface area contributed by atoms with E-state index >= 15 is 0 Å². The number of morpholine rings is 1. The number of amides is 2. The van der Waals surface area contributed by atoms with Crippen LogP contribution in [0.2, 0.25) is 0 Å². The van der Waals surface area contributed by atoms with Gasteiger partial charge >= 0.3 is 0 Å². The summed E-state index contributed by atoms with van der Waals surface area (Å²) >= 11 is 0. The number of benzene rings is 2. The molecule has 0 aliphatic carbocycles. The summed E-state index contributed by atoms with van der Waals surface area (Å²) in [6, 6.07) is 15.3. The molecule has 0 aromatic heterocycles. The van der Waals surface area contributed by atoms with Crippen molar-refractivity contribution in [2.45, 2.75) is 19.9 Å². The molecule has 1 aliphatic heterocycles. The van der Waals surface area contributed by atoms with Crippen LogP contribution in [0.1, 0.15) is 33.1 Å². The van der Waals surface area contributed by atoms with E-state index in [0.717, 1.165) is 29.8 Å². The van der Waals surface area contributed by atoms with Crippen LogP contribution in [-0.2, 0) is 9.53 Å². The van der Waals surface area contributed by atoms with Gasteiger partial charge in [-0.25, -0.2) is 0 Å². The number of carbonyl (C=O) groups excluding carboxylic acids is 2. The van der Waals surface area contributed by atoms with Crippen LogP contribution in [0.4, 0.5) is 0 Å². The van der Waals surface area contributed by atoms with Crippen molar-refractivity contribution in [2.24, 2.45) is 0 Å². The Bertz CT molecular complexity index is 833. The van der Waals surface area contributed by atoms with Crippen molar-refractivity contribution in [2.75, 3.05) is 39.4 Å². The molecule has 1 heterocycles. The van der Waals surface area contributed by atoms with E-state index in [-0.39, 0.29) is 24.4 Å². The minimum atomic E-state index is -0.243. The Morgan fingerprint density at radius 1 is 1.03 bits per heavy atom. The van der Waals surface area contributed by atoms with Crippen molar-refractivity contribution in [3.63, 3.8) is 0 Å². The quantitative estimate of drug-likeness (QED) is 0.754. The summed E-state index contributed by atoms with van der Waals surface area (Å²) in [4.78, 5) is 27.2. The van der Waals surface area contributed by atoms with Gasteiger partial charge in [-0.05, 0) is 42.7 Å². The van der Waals surface area contributed by atoms with Crippen LogP contribution in [0.25, 0.3) is 0 Å². The third-order valence-corrected chi connectivity index (χ3v) is 5.26. The molecule has 154 valence electrons. The van der Waals surface area contributed by atoms with Crippen LogP contribution in [0, 0.1) is 13.8 Å². The van der Waals surface area contributed by atoms with Crippen molar-refractivity contribution in [1.29, 1.82) is 0 Å². The number of nitrogens with zero attached hydrogens (tertiary/aromatic N) is 1. The van der Waals surface area contributed by atoms with Crippen LogP contribution in [-0.4, -0.2) is 56.1 Å². The molecule has 3 rings (SSSR count). The van der Waals surface area contributed by atoms with E-state index in [4.69, 9.17) is 4.74 Å². The van der Waals surface area contributed by atoms with E-state index in [1.807, 2.05) is 56.3 Å². The van der Waals surface area contributed by atoms with E-state index in [2.05, 4.69) is 15.5 Å². The molecule has 1 aliphatic rings. The summed E-state index contributed by atoms with van der Waals surface area (Å²) in [5.41, 5.74) is 3.80. The maximum Gasteiger partial charge on any atom is 0.251 e. The Hall–Kier alpha value is -2.70. The average Bonchev–Trinajstić information content (AvgIpc) is 2.75. The van der Waals surface area contributed by atoms with Gasteiger partial charge in [0.1, 0.15) is 0 Å². The Balaban J connectivity index is 1.58. The van der Waals surface area contributed by atoms with Gasteiger partial charge in [-0.3, -0.25) is 14.5 Å². The zero-order chi connectivity index (χ0) is 20.6. The SMILES string of the molecule is Cc1ccc(C(=O)NCC(=O)NC(CN2CCOCC2)c2ccccc2)cc1C. The lowest BCUT2D eigenvalue weighted by Gasteiger charge is -2.31. The highest BCUT2D eigenvalue weighted by molar-refractivity contribution is 5.96. The second kappa shape index (κ2) is 10.2. The van der Waals surface area contributed by atoms with Gasteiger partial charge in [-0.1, -0.05) is 36.4 Å². The fourth-order valence-corrected chi connectivity index (χ4v) is 3.35. The highest BCUT2D eigenvalue weighted by Gasteiger charge is 2.20. The lowest BCUT2D eigenvalue weighted by molar-refractivity contribution is -0.121. The lowest BCUT2D eigenvalue weighted by Crippen LogP contribution is -2.45. The van der Waals surface area contributed by atoms with Crippen LogP contribution in [0.5, 0.6) is 0 Å². The van der Waals surface area contributed by atoms with Crippen LogP contribution >= 0.6 is 0 Å². The summed E-state index contributed by atoms with van der Waals surface area (Å²) in [6.07, 6.45) is 0. The first-order chi connectivity index (χ1) is 14.0. The minimum Gasteiger partial charge on any atom is -0.379 e. The van der Waals surface area contributed by atoms with Gasteiger partial charge in [0.2, 0.25) is 5.91 Å². The van der Waals surface area contributed by atoms with Crippen molar-refractivity contribution >= 4 is 11.8 Å². The Morgan fingerprint density at radius 2 is 1.76 bits per heavy atom. The van der Waals surface area contributed by atoms with Gasteiger partial charge in [0, 0.05) is 25.2 Å². The predicted octanol–water partition coefficient (Wildman–Crippen LogP) is 2.22. The molecule has 6 heteroatoms. The zero-order valence-corrected chi connectivity index (χ0v) is 17.1. The fourth-order valence-electron chi connectivity index (χ4n) is 3.35. The molecule has 0 saturated carbocycles. The van der Waals surface area contributed by atoms with Crippen LogP contribution in [0.3, 0.4) is 0 Å². The summed E-state index contributed by atoms with van der Waals surface area (Å²) in [6.45, 7) is 7.74. The van der Waals surface area contributed by atoms with E-state index in [1.165, 1.54) is 0 Å². The predicted molar refractivity (Wildman–Crippen MR) is 113 cm³/mol. The van der Waals surface area contributed by atoms with Crippen molar-refractivity contribution < 1.29 is 14.3 Å². The second-order valence-corrected chi connectivity index (χ2v) is 7.43. The number of aryl methyl sites for hydroxylation is 2. The smallest absolute Gasteiger partial charge is 0.251 e. The number of hydrogen-bond donors (Lipinski definition) is 2. The second-order valence-electron chi connectivity index (χ2n) is 7.43. The molecule has 2 aromatic carbocycles. The third kappa shape index (κ3) is 6.14. The largest absolute Gasteiger partial charge is 0.379 e. The van der Waals surface area contributed by atoms with Gasteiger partial charge in [-0.2, -0.15) is 0 Å². The topological polar surface area (TPSA) is 70.7 Å². The first-order valence-electron chi connectivity index (χ1n) is 10.0. The Morgan fingerprint density at radius 3 is 2.45 bits per heavy atom. The molecule has 1 fully saturated rings. The normalized spacial score (nSPS) is 15.5. The van der Waals surface area contributed by atoms with Gasteiger partial charge < -0.3 is 15.4 Å². The molecule has 2 amide bonds. The summed E-state index contributed by atoms with van der Waals surface area (Å²) in [5.74, 6) is -0.447. The monoisotopic (exact) mass is 395 g/mol. The van der Waals surface area contributed by atoms with Crippen LogP contribution in [0.15, 0.2) is 48.5 Å². The molecular weight excluding hydrogens is 366 g/mol. The van der Waals surface area contributed by atoms with Gasteiger partial charge in [0.25, 0.3) is 5.91 Å². The first kappa shape index (κ1) is 21.0. The number of hydrogen-bond acceptors (Lipinski definition) is 4. The van der Waals surface area contributed by atoms with Gasteiger partial charge in [0.15, 0.2) is 0 Å². The molecule has 1 saturated heterocycles. The molecule has 2 aromatic rings. The zero-order valence-electron chi connectivity index (χ0n) is 17.1. The number of ether oxygens (including phenoxy) is 1. The molecule has 1 atom stereocenters. The average molecular weight is 396 g/mol. The summed E-state index contributed by atoms with van der Waals surface area (Å²) in [5, 5.41) is 5.79. The molecule has 6 nitrogen and oxygen atoms in total. The number of nitrogens with one attached hydrogen (secondary N) is 2. The van der Waals surface area contributed by atoms with Crippen molar-refractivity contribution in [3.8, 4) is 0 Å². The van der Waals surface area contributed by atoms with E-state index in [0.29, 0.717) is 25.3 Å². The molecule has 2 N–H and O–H groups in total. The Kier molecular flexibility index (Phi) is 7.38. The van der Waals surface area contributed by atoms with E-state index in [1.54, 1.807) is 6.07 Å². The standard InChI is InChI=1S/C23H29N3O3/c1-17-8-9-20(14-18(17)2)23(28)24-15-22(27)25-21(19-6-4-3-5-7-19)16-26-10-12-29-13-11-26/h3-9,14,21H,10-13,15-16H2,1-2H3,(H,24,28)(H,25,27). The summed E-state index contributed by atoms with van der Waals surface area (Å²) < 4.78 is 5.41. The highest BCUT2D eigenvalue weighted by atomic mass is 16.5. The van der Waals surface area contributed by atoms with E-state index < -0.39 is 0 Å².